The van der Waals surface area contributed by atoms with E-state index in [1.807, 2.05) is 52.1 Å². The van der Waals surface area contributed by atoms with E-state index < -0.39 is 17.5 Å². The molecule has 2 aromatic rings. The summed E-state index contributed by atoms with van der Waals surface area (Å²) in [7, 11) is 3.41. The SMILES string of the molecule is COc1ccccc1-c1nnc(SCC(=O)NC(=O)NC(C)(C)C)n1C. The number of benzene rings is 1. The number of carbonyl (C=O) groups is 2. The maximum atomic E-state index is 11.9. The summed E-state index contributed by atoms with van der Waals surface area (Å²) in [5.41, 5.74) is 0.399. The molecule has 0 atom stereocenters. The number of nitrogens with zero attached hydrogens (tertiary/aromatic N) is 3. The fourth-order valence-corrected chi connectivity index (χ4v) is 2.88. The number of nitrogens with one attached hydrogen (secondary N) is 2. The minimum absolute atomic E-state index is 0.0511. The number of aromatic nitrogens is 3. The maximum Gasteiger partial charge on any atom is 0.321 e. The number of rotatable bonds is 5. The van der Waals surface area contributed by atoms with Crippen LogP contribution in [0.1, 0.15) is 20.8 Å². The zero-order valence-electron chi connectivity index (χ0n) is 15.5. The number of thioether (sulfide) groups is 1. The molecule has 0 fully saturated rings. The largest absolute Gasteiger partial charge is 0.496 e. The van der Waals surface area contributed by atoms with Crippen molar-refractivity contribution in [2.75, 3.05) is 12.9 Å². The van der Waals surface area contributed by atoms with Gasteiger partial charge in [0.25, 0.3) is 0 Å². The van der Waals surface area contributed by atoms with Crippen LogP contribution in [-0.2, 0) is 11.8 Å². The number of ether oxygens (including phenoxy) is 1. The van der Waals surface area contributed by atoms with Gasteiger partial charge in [0.15, 0.2) is 11.0 Å². The molecule has 0 saturated heterocycles. The Hall–Kier alpha value is -2.55. The van der Waals surface area contributed by atoms with Crippen molar-refractivity contribution in [1.29, 1.82) is 0 Å². The van der Waals surface area contributed by atoms with Gasteiger partial charge in [0.05, 0.1) is 18.4 Å². The van der Waals surface area contributed by atoms with Crippen LogP contribution in [0.25, 0.3) is 11.4 Å². The highest BCUT2D eigenvalue weighted by Gasteiger charge is 2.18. The van der Waals surface area contributed by atoms with E-state index in [9.17, 15) is 9.59 Å². The van der Waals surface area contributed by atoms with Gasteiger partial charge >= 0.3 is 6.03 Å². The molecule has 2 rings (SSSR count). The Morgan fingerprint density at radius 1 is 1.23 bits per heavy atom. The van der Waals surface area contributed by atoms with Gasteiger partial charge in [0, 0.05) is 12.6 Å². The van der Waals surface area contributed by atoms with E-state index in [1.54, 1.807) is 11.7 Å². The number of carbonyl (C=O) groups excluding carboxylic acids is 2. The summed E-state index contributed by atoms with van der Waals surface area (Å²) in [4.78, 5) is 23.6. The van der Waals surface area contributed by atoms with E-state index >= 15 is 0 Å². The van der Waals surface area contributed by atoms with E-state index in [0.29, 0.717) is 16.7 Å². The lowest BCUT2D eigenvalue weighted by atomic mass is 10.1. The average molecular weight is 377 g/mol. The Morgan fingerprint density at radius 3 is 2.58 bits per heavy atom. The van der Waals surface area contributed by atoms with E-state index in [-0.39, 0.29) is 5.75 Å². The lowest BCUT2D eigenvalue weighted by molar-refractivity contribution is -0.117. The van der Waals surface area contributed by atoms with Crippen LogP contribution in [0.3, 0.4) is 0 Å². The first kappa shape index (κ1) is 19.8. The molecular formula is C17H23N5O3S. The molecule has 0 spiro atoms. The molecule has 140 valence electrons. The first-order valence-corrected chi connectivity index (χ1v) is 8.97. The van der Waals surface area contributed by atoms with Crippen molar-refractivity contribution in [3.8, 4) is 17.1 Å². The monoisotopic (exact) mass is 377 g/mol. The predicted molar refractivity (Wildman–Crippen MR) is 100 cm³/mol. The van der Waals surface area contributed by atoms with E-state index in [0.717, 1.165) is 5.56 Å². The second-order valence-corrected chi connectivity index (χ2v) is 7.55. The normalized spacial score (nSPS) is 11.1. The number of hydrogen-bond acceptors (Lipinski definition) is 6. The number of urea groups is 1. The third kappa shape index (κ3) is 5.22. The summed E-state index contributed by atoms with van der Waals surface area (Å²) in [5.74, 6) is 0.973. The zero-order valence-corrected chi connectivity index (χ0v) is 16.3. The van der Waals surface area contributed by atoms with Crippen LogP contribution in [0.5, 0.6) is 5.75 Å². The third-order valence-corrected chi connectivity index (χ3v) is 4.28. The van der Waals surface area contributed by atoms with E-state index in [1.165, 1.54) is 11.8 Å². The molecule has 1 aromatic carbocycles. The molecule has 8 nitrogen and oxygen atoms in total. The molecule has 3 amide bonds. The molecule has 0 aliphatic heterocycles. The van der Waals surface area contributed by atoms with Crippen molar-refractivity contribution >= 4 is 23.7 Å². The highest BCUT2D eigenvalue weighted by Crippen LogP contribution is 2.29. The Morgan fingerprint density at radius 2 is 1.92 bits per heavy atom. The summed E-state index contributed by atoms with van der Waals surface area (Å²) < 4.78 is 7.13. The molecule has 0 aliphatic rings. The molecule has 1 aromatic heterocycles. The van der Waals surface area contributed by atoms with Crippen LogP contribution >= 0.6 is 11.8 Å². The van der Waals surface area contributed by atoms with Crippen molar-refractivity contribution < 1.29 is 14.3 Å². The zero-order chi connectivity index (χ0) is 19.3. The topological polar surface area (TPSA) is 98.1 Å². The maximum absolute atomic E-state index is 11.9. The van der Waals surface area contributed by atoms with Gasteiger partial charge in [0.2, 0.25) is 5.91 Å². The Labute approximate surface area is 156 Å². The van der Waals surface area contributed by atoms with E-state index in [4.69, 9.17) is 4.74 Å². The van der Waals surface area contributed by atoms with Gasteiger partial charge in [-0.1, -0.05) is 23.9 Å². The molecule has 0 saturated carbocycles. The van der Waals surface area contributed by atoms with Gasteiger partial charge in [-0.15, -0.1) is 10.2 Å². The standard InChI is InChI=1S/C17H23N5O3S/c1-17(2,3)19-15(24)18-13(23)10-26-16-21-20-14(22(16)4)11-8-6-7-9-12(11)25-5/h6-9H,10H2,1-5H3,(H2,18,19,23,24). The lowest BCUT2D eigenvalue weighted by Crippen LogP contribution is -2.48. The molecule has 9 heteroatoms. The summed E-state index contributed by atoms with van der Waals surface area (Å²) in [5, 5.41) is 13.8. The van der Waals surface area contributed by atoms with Gasteiger partial charge in [-0.2, -0.15) is 0 Å². The van der Waals surface area contributed by atoms with Crippen LogP contribution in [0, 0.1) is 0 Å². The Kier molecular flexibility index (Phi) is 6.25. The molecule has 1 heterocycles. The number of methoxy groups -OCH3 is 1. The fraction of sp³-hybridized carbons (Fsp3) is 0.412. The van der Waals surface area contributed by atoms with Crippen molar-refractivity contribution in [2.45, 2.75) is 31.5 Å². The second kappa shape index (κ2) is 8.22. The lowest BCUT2D eigenvalue weighted by Gasteiger charge is -2.20. The van der Waals surface area contributed by atoms with Crippen LogP contribution < -0.4 is 15.4 Å². The van der Waals surface area contributed by atoms with Crippen molar-refractivity contribution in [2.24, 2.45) is 7.05 Å². The number of para-hydroxylation sites is 1. The second-order valence-electron chi connectivity index (χ2n) is 6.61. The molecule has 0 bridgehead atoms. The minimum atomic E-state index is -0.518. The van der Waals surface area contributed by atoms with Gasteiger partial charge in [-0.05, 0) is 32.9 Å². The molecule has 26 heavy (non-hydrogen) atoms. The summed E-state index contributed by atoms with van der Waals surface area (Å²) in [6.45, 7) is 5.51. The molecule has 0 unspecified atom stereocenters. The Bertz CT molecular complexity index is 798. The first-order valence-electron chi connectivity index (χ1n) is 7.99. The van der Waals surface area contributed by atoms with Crippen molar-refractivity contribution in [1.82, 2.24) is 25.4 Å². The van der Waals surface area contributed by atoms with Crippen molar-refractivity contribution in [3.05, 3.63) is 24.3 Å². The Balaban J connectivity index is 2.00. The van der Waals surface area contributed by atoms with E-state index in [2.05, 4.69) is 20.8 Å². The predicted octanol–water partition coefficient (Wildman–Crippen LogP) is 2.21. The third-order valence-electron chi connectivity index (χ3n) is 3.26. The fourth-order valence-electron chi connectivity index (χ4n) is 2.17. The average Bonchev–Trinajstić information content (AvgIpc) is 2.91. The van der Waals surface area contributed by atoms with Gasteiger partial charge < -0.3 is 14.6 Å². The summed E-state index contributed by atoms with van der Waals surface area (Å²) in [6.07, 6.45) is 0. The molecule has 0 aliphatic carbocycles. The molecular weight excluding hydrogens is 354 g/mol. The number of hydrogen-bond donors (Lipinski definition) is 2. The molecule has 0 radical (unpaired) electrons. The molecule has 2 N–H and O–H groups in total. The van der Waals surface area contributed by atoms with Gasteiger partial charge in [-0.25, -0.2) is 4.79 Å². The van der Waals surface area contributed by atoms with Crippen LogP contribution in [0.15, 0.2) is 29.4 Å². The van der Waals surface area contributed by atoms with Crippen LogP contribution in [0.4, 0.5) is 4.79 Å². The highest BCUT2D eigenvalue weighted by atomic mass is 32.2. The first-order chi connectivity index (χ1) is 12.2. The summed E-state index contributed by atoms with van der Waals surface area (Å²) >= 11 is 1.20. The highest BCUT2D eigenvalue weighted by molar-refractivity contribution is 7.99. The minimum Gasteiger partial charge on any atom is -0.496 e. The summed E-state index contributed by atoms with van der Waals surface area (Å²) in [6, 6.07) is 6.98. The van der Waals surface area contributed by atoms with Gasteiger partial charge in [0.1, 0.15) is 5.75 Å². The number of amides is 3. The smallest absolute Gasteiger partial charge is 0.321 e. The van der Waals surface area contributed by atoms with Crippen LogP contribution in [0.2, 0.25) is 0 Å². The van der Waals surface area contributed by atoms with Crippen LogP contribution in [-0.4, -0.2) is 45.1 Å². The van der Waals surface area contributed by atoms with Crippen molar-refractivity contribution in [3.63, 3.8) is 0 Å². The van der Waals surface area contributed by atoms with Gasteiger partial charge in [-0.3, -0.25) is 10.1 Å². The quantitative estimate of drug-likeness (QED) is 0.775. The number of imide groups is 1.